The number of benzene rings is 6. The molecule has 6 aromatic carbocycles. The normalized spacial score (nSPS) is 12.3. The maximum absolute atomic E-state index is 13.0. The molecule has 332 valence electrons. The van der Waals surface area contributed by atoms with Gasteiger partial charge in [0.15, 0.2) is 12.3 Å². The molecule has 19 heteroatoms. The standard InChI is InChI=1S/C48H28Cl4N6O7S2/c49-27-9-19-33(37(51)23-27)41(57-47(66)64-43(55-57)35-21-25-5-1-3-7-39(25)62-45(35)59)53-29-11-15-31(16-12-29)61-32-17-13-30(14-18-32)54-42(34-20-10-28(50)24-38(34)52)58-48(67)65-44(56-58)36-22-26-6-2-4-8-40(26)63-46(36)60/h1-24,41-42,53-54H. The lowest BCUT2D eigenvalue weighted by Crippen LogP contribution is -2.21. The van der Waals surface area contributed by atoms with Crippen LogP contribution in [0.25, 0.3) is 44.8 Å². The van der Waals surface area contributed by atoms with Crippen LogP contribution in [0.4, 0.5) is 11.4 Å². The molecule has 0 spiro atoms. The van der Waals surface area contributed by atoms with E-state index in [4.69, 9.17) is 93.2 Å². The summed E-state index contributed by atoms with van der Waals surface area (Å²) in [5.74, 6) is 1.00. The first kappa shape index (κ1) is 43.9. The molecule has 4 aromatic heterocycles. The molecule has 0 aliphatic rings. The summed E-state index contributed by atoms with van der Waals surface area (Å²) in [5, 5.41) is 19.0. The smallest absolute Gasteiger partial charge is 0.349 e. The van der Waals surface area contributed by atoms with Crippen molar-refractivity contribution in [1.29, 1.82) is 0 Å². The van der Waals surface area contributed by atoms with Crippen LogP contribution in [-0.4, -0.2) is 19.6 Å². The van der Waals surface area contributed by atoms with E-state index in [9.17, 15) is 9.59 Å². The van der Waals surface area contributed by atoms with Gasteiger partial charge in [-0.3, -0.25) is 0 Å². The Hall–Kier alpha value is -6.98. The maximum atomic E-state index is 13.0. The fourth-order valence-corrected chi connectivity index (χ4v) is 8.70. The van der Waals surface area contributed by atoms with Crippen molar-refractivity contribution in [3.63, 3.8) is 0 Å². The van der Waals surface area contributed by atoms with E-state index < -0.39 is 23.6 Å². The van der Waals surface area contributed by atoms with Gasteiger partial charge in [0.1, 0.15) is 33.8 Å². The predicted octanol–water partition coefficient (Wildman–Crippen LogP) is 14.0. The van der Waals surface area contributed by atoms with Crippen molar-refractivity contribution < 1.29 is 22.4 Å². The third-order valence-electron chi connectivity index (χ3n) is 10.4. The molecule has 0 aliphatic heterocycles. The number of nitrogens with one attached hydrogen (secondary N) is 2. The van der Waals surface area contributed by atoms with Gasteiger partial charge in [0, 0.05) is 53.4 Å². The van der Waals surface area contributed by atoms with E-state index in [1.807, 2.05) is 48.5 Å². The van der Waals surface area contributed by atoms with Crippen molar-refractivity contribution in [2.75, 3.05) is 10.6 Å². The molecule has 2 atom stereocenters. The molecule has 0 fully saturated rings. The molecule has 13 nitrogen and oxygen atoms in total. The van der Waals surface area contributed by atoms with Crippen LogP contribution < -0.4 is 26.6 Å². The Balaban J connectivity index is 0.891. The number of aromatic nitrogens is 4. The SMILES string of the molecule is O=c1oc2ccccc2cc1-c1nn(C(Nc2ccc(Oc3ccc(NC(c4ccc(Cl)cc4Cl)n4nc(-c5cc6ccccc6oc5=O)oc4=S)cc3)cc2)c2ccc(Cl)cc2Cl)c(=S)o1. The average molecular weight is 1010 g/mol. The van der Waals surface area contributed by atoms with Crippen LogP contribution >= 0.6 is 70.8 Å². The van der Waals surface area contributed by atoms with Gasteiger partial charge in [0.05, 0.1) is 0 Å². The summed E-state index contributed by atoms with van der Waals surface area (Å²) in [6.45, 7) is 0. The zero-order valence-electron chi connectivity index (χ0n) is 34.0. The number of para-hydroxylation sites is 2. The molecule has 0 aliphatic carbocycles. The highest BCUT2D eigenvalue weighted by molar-refractivity contribution is 7.71. The minimum atomic E-state index is -0.808. The predicted molar refractivity (Wildman–Crippen MR) is 263 cm³/mol. The monoisotopic (exact) mass is 1000 g/mol. The van der Waals surface area contributed by atoms with E-state index in [1.54, 1.807) is 97.1 Å². The van der Waals surface area contributed by atoms with Crippen LogP contribution in [0, 0.1) is 9.67 Å². The van der Waals surface area contributed by atoms with E-state index in [0.717, 1.165) is 0 Å². The highest BCUT2D eigenvalue weighted by Gasteiger charge is 2.26. The van der Waals surface area contributed by atoms with Crippen LogP contribution in [-0.2, 0) is 0 Å². The molecule has 0 radical (unpaired) electrons. The number of hydrogen-bond donors (Lipinski definition) is 2. The number of fused-ring (bicyclic) bond motifs is 2. The third kappa shape index (κ3) is 9.12. The number of ether oxygens (including phenoxy) is 1. The summed E-state index contributed by atoms with van der Waals surface area (Å²) in [7, 11) is 0. The lowest BCUT2D eigenvalue weighted by molar-refractivity contribution is 0.482. The lowest BCUT2D eigenvalue weighted by Gasteiger charge is -2.22. The number of rotatable bonds is 12. The topological polar surface area (TPSA) is 156 Å². The van der Waals surface area contributed by atoms with E-state index >= 15 is 0 Å². The van der Waals surface area contributed by atoms with Crippen molar-refractivity contribution in [2.24, 2.45) is 0 Å². The molecule has 0 amide bonds. The molecule has 67 heavy (non-hydrogen) atoms. The number of anilines is 2. The van der Waals surface area contributed by atoms with Crippen LogP contribution in [0.2, 0.25) is 20.1 Å². The second kappa shape index (κ2) is 18.4. The minimum Gasteiger partial charge on any atom is -0.457 e. The first-order chi connectivity index (χ1) is 32.4. The molecule has 0 bridgehead atoms. The Kier molecular flexibility index (Phi) is 12.0. The zero-order valence-corrected chi connectivity index (χ0v) is 38.6. The largest absolute Gasteiger partial charge is 0.457 e. The molecule has 0 saturated carbocycles. The van der Waals surface area contributed by atoms with Crippen molar-refractivity contribution in [2.45, 2.75) is 12.3 Å². The number of halogens is 4. The second-order valence-electron chi connectivity index (χ2n) is 14.8. The Morgan fingerprint density at radius 1 is 0.507 bits per heavy atom. The minimum absolute atomic E-state index is 0.0284. The molecule has 0 saturated heterocycles. The van der Waals surface area contributed by atoms with Crippen LogP contribution in [0.1, 0.15) is 23.5 Å². The van der Waals surface area contributed by atoms with Gasteiger partial charge in [-0.2, -0.15) is 9.36 Å². The molecule has 10 aromatic rings. The molecular formula is C48H28Cl4N6O7S2. The first-order valence-corrected chi connectivity index (χ1v) is 22.3. The molecule has 2 unspecified atom stereocenters. The van der Waals surface area contributed by atoms with Crippen molar-refractivity contribution in [3.05, 3.63) is 207 Å². The number of hydrogen-bond acceptors (Lipinski definition) is 13. The fraction of sp³-hybridized carbons (Fsp3) is 0.0417. The lowest BCUT2D eigenvalue weighted by atomic mass is 10.1. The summed E-state index contributed by atoms with van der Waals surface area (Å²) < 4.78 is 31.9. The summed E-state index contributed by atoms with van der Waals surface area (Å²) in [5.41, 5.74) is 2.22. The van der Waals surface area contributed by atoms with Gasteiger partial charge in [-0.25, -0.2) is 9.59 Å². The summed E-state index contributed by atoms with van der Waals surface area (Å²) in [6.07, 6.45) is -1.62. The Morgan fingerprint density at radius 2 is 0.910 bits per heavy atom. The van der Waals surface area contributed by atoms with Gasteiger partial charge in [0.2, 0.25) is 0 Å². The average Bonchev–Trinajstić information content (AvgIpc) is 3.90. The van der Waals surface area contributed by atoms with Crippen LogP contribution in [0.15, 0.2) is 173 Å². The highest BCUT2D eigenvalue weighted by atomic mass is 35.5. The Bertz CT molecular complexity index is 3510. The zero-order chi connectivity index (χ0) is 46.3. The molecule has 4 heterocycles. The number of nitrogens with zero attached hydrogens (tertiary/aromatic N) is 4. The second-order valence-corrected chi connectivity index (χ2v) is 17.2. The van der Waals surface area contributed by atoms with Gasteiger partial charge >= 0.3 is 11.3 Å². The maximum Gasteiger partial charge on any atom is 0.349 e. The van der Waals surface area contributed by atoms with Gasteiger partial charge in [-0.1, -0.05) is 94.9 Å². The van der Waals surface area contributed by atoms with E-state index in [0.29, 0.717) is 76.0 Å². The van der Waals surface area contributed by atoms with Gasteiger partial charge in [-0.15, -0.1) is 10.2 Å². The third-order valence-corrected chi connectivity index (χ3v) is 12.1. The first-order valence-electron chi connectivity index (χ1n) is 20.0. The van der Waals surface area contributed by atoms with Gasteiger partial charge in [0.25, 0.3) is 21.5 Å². The summed E-state index contributed by atoms with van der Waals surface area (Å²) in [4.78, 5) is 26.0. The van der Waals surface area contributed by atoms with E-state index in [2.05, 4.69) is 20.8 Å². The molecule has 2 N–H and O–H groups in total. The summed E-state index contributed by atoms with van der Waals surface area (Å²) in [6, 6.07) is 41.9. The van der Waals surface area contributed by atoms with E-state index in [-0.39, 0.29) is 32.6 Å². The Morgan fingerprint density at radius 3 is 1.31 bits per heavy atom. The van der Waals surface area contributed by atoms with Gasteiger partial charge < -0.3 is 33.0 Å². The van der Waals surface area contributed by atoms with Crippen LogP contribution in [0.5, 0.6) is 11.5 Å². The van der Waals surface area contributed by atoms with Crippen molar-refractivity contribution in [3.8, 4) is 34.4 Å². The van der Waals surface area contributed by atoms with E-state index in [1.165, 1.54) is 9.36 Å². The van der Waals surface area contributed by atoms with Crippen LogP contribution in [0.3, 0.4) is 0 Å². The summed E-state index contributed by atoms with van der Waals surface area (Å²) >= 11 is 37.3. The quantitative estimate of drug-likeness (QED) is 0.0881. The van der Waals surface area contributed by atoms with Crippen molar-refractivity contribution >= 4 is 104 Å². The molecule has 10 rings (SSSR count). The Labute approximate surface area is 408 Å². The van der Waals surface area contributed by atoms with Gasteiger partial charge in [-0.05, 0) is 121 Å². The van der Waals surface area contributed by atoms with Crippen molar-refractivity contribution in [1.82, 2.24) is 19.6 Å². The highest BCUT2D eigenvalue weighted by Crippen LogP contribution is 2.35. The fourth-order valence-electron chi connectivity index (χ4n) is 7.22. The molecular weight excluding hydrogens is 979 g/mol.